The fourth-order valence-corrected chi connectivity index (χ4v) is 5.85. The number of ketones is 1. The predicted octanol–water partition coefficient (Wildman–Crippen LogP) is 4.06. The van der Waals surface area contributed by atoms with Gasteiger partial charge < -0.3 is 5.11 Å². The average molecular weight is 284 g/mol. The van der Waals surface area contributed by atoms with Gasteiger partial charge >= 0.3 is 0 Å². The number of phenols is 1. The second kappa shape index (κ2) is 4.34. The van der Waals surface area contributed by atoms with E-state index in [0.717, 1.165) is 25.7 Å². The van der Waals surface area contributed by atoms with Crippen LogP contribution >= 0.6 is 0 Å². The van der Waals surface area contributed by atoms with E-state index in [4.69, 9.17) is 0 Å². The largest absolute Gasteiger partial charge is 0.508 e. The predicted molar refractivity (Wildman–Crippen MR) is 82.3 cm³/mol. The zero-order valence-corrected chi connectivity index (χ0v) is 12.9. The monoisotopic (exact) mass is 284 g/mol. The van der Waals surface area contributed by atoms with Crippen LogP contribution in [0.1, 0.15) is 56.6 Å². The lowest BCUT2D eigenvalue weighted by molar-refractivity contribution is -0.129. The number of hydrogen-bond acceptors (Lipinski definition) is 2. The summed E-state index contributed by atoms with van der Waals surface area (Å²) in [5, 5.41) is 9.71. The SMILES string of the molecule is C[C@@H]1CC(=O)[C@@]2(C)CC[C@@H]3c4ccc(O)cc4CC[C@H]3[C@H]12. The van der Waals surface area contributed by atoms with E-state index in [1.165, 1.54) is 17.5 Å². The van der Waals surface area contributed by atoms with Crippen molar-refractivity contribution in [2.24, 2.45) is 23.2 Å². The van der Waals surface area contributed by atoms with E-state index in [-0.39, 0.29) is 5.41 Å². The second-order valence-electron chi connectivity index (χ2n) is 7.78. The Balaban J connectivity index is 1.75. The number of benzene rings is 1. The van der Waals surface area contributed by atoms with Crippen molar-refractivity contribution in [2.75, 3.05) is 0 Å². The number of carbonyl (C=O) groups is 1. The van der Waals surface area contributed by atoms with Crippen molar-refractivity contribution in [3.8, 4) is 5.75 Å². The Kier molecular flexibility index (Phi) is 2.76. The van der Waals surface area contributed by atoms with Crippen LogP contribution in [0.25, 0.3) is 0 Å². The number of hydrogen-bond donors (Lipinski definition) is 1. The summed E-state index contributed by atoms with van der Waals surface area (Å²) in [6.07, 6.45) is 5.19. The first kappa shape index (κ1) is 13.4. The van der Waals surface area contributed by atoms with Gasteiger partial charge in [0.1, 0.15) is 11.5 Å². The lowest BCUT2D eigenvalue weighted by atomic mass is 9.54. The minimum Gasteiger partial charge on any atom is -0.508 e. The van der Waals surface area contributed by atoms with Crippen LogP contribution in [0, 0.1) is 23.2 Å². The number of Topliss-reactive ketones (excluding diaryl/α,β-unsaturated/α-hetero) is 1. The molecule has 1 aromatic rings. The Morgan fingerprint density at radius 1 is 1.29 bits per heavy atom. The first-order valence-corrected chi connectivity index (χ1v) is 8.36. The molecule has 0 unspecified atom stereocenters. The van der Waals surface area contributed by atoms with E-state index in [0.29, 0.717) is 35.2 Å². The number of aryl methyl sites for hydroxylation is 1. The molecular weight excluding hydrogens is 260 g/mol. The van der Waals surface area contributed by atoms with Gasteiger partial charge in [0.05, 0.1) is 0 Å². The van der Waals surface area contributed by atoms with Gasteiger partial charge in [-0.25, -0.2) is 0 Å². The maximum atomic E-state index is 12.5. The molecule has 0 aliphatic heterocycles. The first-order chi connectivity index (χ1) is 10.0. The highest BCUT2D eigenvalue weighted by Crippen LogP contribution is 2.61. The molecule has 2 nitrogen and oxygen atoms in total. The molecule has 0 radical (unpaired) electrons. The molecule has 0 amide bonds. The molecule has 3 aliphatic rings. The van der Waals surface area contributed by atoms with Gasteiger partial charge in [-0.2, -0.15) is 0 Å². The summed E-state index contributed by atoms with van der Waals surface area (Å²) < 4.78 is 0. The van der Waals surface area contributed by atoms with Crippen molar-refractivity contribution in [2.45, 2.75) is 51.9 Å². The molecule has 0 heterocycles. The van der Waals surface area contributed by atoms with E-state index < -0.39 is 0 Å². The third-order valence-corrected chi connectivity index (χ3v) is 6.72. The van der Waals surface area contributed by atoms with Crippen LogP contribution in [0.3, 0.4) is 0 Å². The fraction of sp³-hybridized carbons (Fsp3) is 0.632. The quantitative estimate of drug-likeness (QED) is 0.780. The molecule has 0 spiro atoms. The molecule has 1 aromatic carbocycles. The Bertz CT molecular complexity index is 606. The fourth-order valence-electron chi connectivity index (χ4n) is 5.85. The molecule has 2 heteroatoms. The zero-order valence-electron chi connectivity index (χ0n) is 12.9. The van der Waals surface area contributed by atoms with Gasteiger partial charge in [-0.3, -0.25) is 4.79 Å². The molecule has 112 valence electrons. The molecule has 5 atom stereocenters. The van der Waals surface area contributed by atoms with Crippen molar-refractivity contribution in [3.63, 3.8) is 0 Å². The Hall–Kier alpha value is -1.31. The molecule has 3 aliphatic carbocycles. The number of phenolic OH excluding ortho intramolecular Hbond substituents is 1. The summed E-state index contributed by atoms with van der Waals surface area (Å²) in [7, 11) is 0. The minimum atomic E-state index is -0.0605. The van der Waals surface area contributed by atoms with E-state index in [1.807, 2.05) is 12.1 Å². The van der Waals surface area contributed by atoms with Gasteiger partial charge in [-0.15, -0.1) is 0 Å². The summed E-state index contributed by atoms with van der Waals surface area (Å²) in [6.45, 7) is 4.51. The van der Waals surface area contributed by atoms with Gasteiger partial charge in [-0.1, -0.05) is 19.9 Å². The van der Waals surface area contributed by atoms with Crippen molar-refractivity contribution >= 4 is 5.78 Å². The normalized spacial score (nSPS) is 41.3. The van der Waals surface area contributed by atoms with Gasteiger partial charge in [0.2, 0.25) is 0 Å². The Morgan fingerprint density at radius 2 is 2.10 bits per heavy atom. The van der Waals surface area contributed by atoms with Crippen molar-refractivity contribution in [1.29, 1.82) is 0 Å². The average Bonchev–Trinajstić information content (AvgIpc) is 2.68. The van der Waals surface area contributed by atoms with Crippen LogP contribution < -0.4 is 0 Å². The maximum Gasteiger partial charge on any atom is 0.139 e. The molecule has 21 heavy (non-hydrogen) atoms. The van der Waals surface area contributed by atoms with Crippen LogP contribution in [0.2, 0.25) is 0 Å². The topological polar surface area (TPSA) is 37.3 Å². The van der Waals surface area contributed by atoms with E-state index in [9.17, 15) is 9.90 Å². The standard InChI is InChI=1S/C19H24O2/c1-11-9-17(21)19(2)8-7-15-14-6-4-13(20)10-12(14)3-5-16(15)18(11)19/h4,6,10-11,15-16,18,20H,3,5,7-9H2,1-2H3/t11-,15-,16-,18+,19-/m1/s1. The molecule has 2 saturated carbocycles. The molecule has 0 aromatic heterocycles. The van der Waals surface area contributed by atoms with Crippen molar-refractivity contribution < 1.29 is 9.90 Å². The number of fused-ring (bicyclic) bond motifs is 5. The molecule has 4 rings (SSSR count). The summed E-state index contributed by atoms with van der Waals surface area (Å²) in [6, 6.07) is 5.91. The van der Waals surface area contributed by atoms with Crippen molar-refractivity contribution in [1.82, 2.24) is 0 Å². The highest BCUT2D eigenvalue weighted by Gasteiger charge is 2.57. The molecule has 2 fully saturated rings. The zero-order chi connectivity index (χ0) is 14.8. The van der Waals surface area contributed by atoms with Crippen LogP contribution in [-0.2, 0) is 11.2 Å². The number of aromatic hydroxyl groups is 1. The van der Waals surface area contributed by atoms with Crippen LogP contribution in [0.5, 0.6) is 5.75 Å². The Labute approximate surface area is 126 Å². The third-order valence-electron chi connectivity index (χ3n) is 6.72. The smallest absolute Gasteiger partial charge is 0.139 e. The summed E-state index contributed by atoms with van der Waals surface area (Å²) in [4.78, 5) is 12.5. The first-order valence-electron chi connectivity index (χ1n) is 8.36. The van der Waals surface area contributed by atoms with Crippen LogP contribution in [-0.4, -0.2) is 10.9 Å². The number of rotatable bonds is 0. The van der Waals surface area contributed by atoms with E-state index in [1.54, 1.807) is 0 Å². The van der Waals surface area contributed by atoms with E-state index in [2.05, 4.69) is 19.9 Å². The third kappa shape index (κ3) is 1.74. The maximum absolute atomic E-state index is 12.5. The van der Waals surface area contributed by atoms with Crippen LogP contribution in [0.4, 0.5) is 0 Å². The summed E-state index contributed by atoms with van der Waals surface area (Å²) >= 11 is 0. The lowest BCUT2D eigenvalue weighted by Gasteiger charge is -2.49. The van der Waals surface area contributed by atoms with Gasteiger partial charge in [0.25, 0.3) is 0 Å². The molecule has 0 saturated heterocycles. The van der Waals surface area contributed by atoms with Gasteiger partial charge in [-0.05, 0) is 72.6 Å². The number of carbonyl (C=O) groups excluding carboxylic acids is 1. The van der Waals surface area contributed by atoms with Gasteiger partial charge in [0.15, 0.2) is 0 Å². The Morgan fingerprint density at radius 3 is 2.90 bits per heavy atom. The minimum absolute atomic E-state index is 0.0605. The van der Waals surface area contributed by atoms with E-state index >= 15 is 0 Å². The molecule has 0 bridgehead atoms. The summed E-state index contributed by atoms with van der Waals surface area (Å²) in [5.74, 6) is 3.25. The second-order valence-corrected chi connectivity index (χ2v) is 7.78. The van der Waals surface area contributed by atoms with Gasteiger partial charge in [0, 0.05) is 11.8 Å². The highest BCUT2D eigenvalue weighted by molar-refractivity contribution is 5.87. The van der Waals surface area contributed by atoms with Crippen molar-refractivity contribution in [3.05, 3.63) is 29.3 Å². The van der Waals surface area contributed by atoms with Crippen LogP contribution in [0.15, 0.2) is 18.2 Å². The molecule has 1 N–H and O–H groups in total. The highest BCUT2D eigenvalue weighted by atomic mass is 16.3. The molecular formula is C19H24O2. The lowest BCUT2D eigenvalue weighted by Crippen LogP contribution is -2.43. The summed E-state index contributed by atoms with van der Waals surface area (Å²) in [5.41, 5.74) is 2.71.